The van der Waals surface area contributed by atoms with Crippen LogP contribution in [0.2, 0.25) is 0 Å². The van der Waals surface area contributed by atoms with E-state index in [0.29, 0.717) is 32.2 Å². The minimum absolute atomic E-state index is 0.399. The van der Waals surface area contributed by atoms with Crippen LogP contribution in [0.1, 0.15) is 32.1 Å². The third-order valence-electron chi connectivity index (χ3n) is 4.32. The Morgan fingerprint density at radius 1 is 1.35 bits per heavy atom. The number of hydrogen-bond acceptors (Lipinski definition) is 3. The fourth-order valence-corrected chi connectivity index (χ4v) is 2.77. The summed E-state index contributed by atoms with van der Waals surface area (Å²) < 4.78 is 5.34. The number of nitrogens with zero attached hydrogens (tertiary/aromatic N) is 1. The number of ether oxygens (including phenoxy) is 1. The van der Waals surface area contributed by atoms with E-state index < -0.39 is 11.4 Å². The second-order valence-electron chi connectivity index (χ2n) is 5.99. The Kier molecular flexibility index (Phi) is 2.87. The molecule has 1 unspecified atom stereocenters. The van der Waals surface area contributed by atoms with E-state index in [2.05, 4.69) is 4.90 Å². The van der Waals surface area contributed by atoms with Gasteiger partial charge in [-0.05, 0) is 38.0 Å². The van der Waals surface area contributed by atoms with Gasteiger partial charge in [-0.1, -0.05) is 0 Å². The fourth-order valence-electron chi connectivity index (χ4n) is 2.77. The quantitative estimate of drug-likeness (QED) is 0.760. The Hall–Kier alpha value is -0.610. The minimum atomic E-state index is -0.670. The molecule has 1 N–H and O–H groups in total. The first-order valence-corrected chi connectivity index (χ1v) is 6.75. The zero-order valence-electron chi connectivity index (χ0n) is 10.2. The van der Waals surface area contributed by atoms with Gasteiger partial charge in [-0.3, -0.25) is 9.69 Å². The van der Waals surface area contributed by atoms with Gasteiger partial charge in [0.1, 0.15) is 5.41 Å². The van der Waals surface area contributed by atoms with Gasteiger partial charge in [-0.15, -0.1) is 0 Å². The van der Waals surface area contributed by atoms with Crippen LogP contribution >= 0.6 is 0 Å². The van der Waals surface area contributed by atoms with Gasteiger partial charge in [0.2, 0.25) is 0 Å². The second kappa shape index (κ2) is 4.25. The summed E-state index contributed by atoms with van der Waals surface area (Å²) in [5.74, 6) is 0.167. The predicted molar refractivity (Wildman–Crippen MR) is 62.8 cm³/mol. The van der Waals surface area contributed by atoms with Crippen molar-refractivity contribution in [3.05, 3.63) is 0 Å². The molecular formula is C13H21NO3. The highest BCUT2D eigenvalue weighted by Gasteiger charge is 2.46. The maximum Gasteiger partial charge on any atom is 0.313 e. The molecule has 0 radical (unpaired) electrons. The lowest BCUT2D eigenvalue weighted by molar-refractivity contribution is -0.150. The summed E-state index contributed by atoms with van der Waals surface area (Å²) in [6.45, 7) is 2.81. The van der Waals surface area contributed by atoms with E-state index in [1.807, 2.05) is 0 Å². The van der Waals surface area contributed by atoms with Crippen LogP contribution in [-0.2, 0) is 9.53 Å². The minimum Gasteiger partial charge on any atom is -0.481 e. The lowest BCUT2D eigenvalue weighted by Gasteiger charge is -2.31. The molecule has 0 bridgehead atoms. The number of hydrogen-bond donors (Lipinski definition) is 1. The molecule has 1 heterocycles. The van der Waals surface area contributed by atoms with Crippen LogP contribution in [0.15, 0.2) is 0 Å². The Morgan fingerprint density at radius 2 is 2.12 bits per heavy atom. The molecule has 17 heavy (non-hydrogen) atoms. The van der Waals surface area contributed by atoms with Gasteiger partial charge < -0.3 is 9.84 Å². The monoisotopic (exact) mass is 239 g/mol. The summed E-state index contributed by atoms with van der Waals surface area (Å²) in [6, 6.07) is 0.660. The lowest BCUT2D eigenvalue weighted by Crippen LogP contribution is -2.45. The number of carboxylic acids is 1. The largest absolute Gasteiger partial charge is 0.481 e. The standard InChI is InChI=1S/C13H21NO3/c15-12(16)13(5-6-17-9-13)8-14(11-3-4-11)7-10-1-2-10/h10-11H,1-9H2,(H,15,16). The smallest absolute Gasteiger partial charge is 0.313 e. The van der Waals surface area contributed by atoms with Gasteiger partial charge in [0, 0.05) is 25.7 Å². The maximum atomic E-state index is 11.5. The SMILES string of the molecule is O=C(O)C1(CN(CC2CC2)C2CC2)CCOC1. The van der Waals surface area contributed by atoms with Crippen LogP contribution in [-0.4, -0.2) is 48.3 Å². The van der Waals surface area contributed by atoms with Crippen molar-refractivity contribution in [2.24, 2.45) is 11.3 Å². The highest BCUT2D eigenvalue weighted by atomic mass is 16.5. The van der Waals surface area contributed by atoms with Gasteiger partial charge in [-0.2, -0.15) is 0 Å². The van der Waals surface area contributed by atoms with Crippen molar-refractivity contribution in [3.8, 4) is 0 Å². The number of aliphatic carboxylic acids is 1. The predicted octanol–water partition coefficient (Wildman–Crippen LogP) is 1.35. The van der Waals surface area contributed by atoms with Crippen molar-refractivity contribution in [1.29, 1.82) is 0 Å². The van der Waals surface area contributed by atoms with Crippen molar-refractivity contribution in [2.45, 2.75) is 38.1 Å². The topological polar surface area (TPSA) is 49.8 Å². The van der Waals surface area contributed by atoms with Crippen LogP contribution in [0.5, 0.6) is 0 Å². The summed E-state index contributed by atoms with van der Waals surface area (Å²) in [6.07, 6.45) is 5.85. The molecule has 2 aliphatic carbocycles. The van der Waals surface area contributed by atoms with Crippen LogP contribution in [0.3, 0.4) is 0 Å². The zero-order chi connectivity index (χ0) is 11.9. The molecule has 1 atom stereocenters. The molecule has 0 spiro atoms. The van der Waals surface area contributed by atoms with Crippen LogP contribution in [0.4, 0.5) is 0 Å². The molecule has 2 saturated carbocycles. The highest BCUT2D eigenvalue weighted by molar-refractivity contribution is 5.75. The van der Waals surface area contributed by atoms with Gasteiger partial charge in [0.15, 0.2) is 0 Å². The van der Waals surface area contributed by atoms with Crippen molar-refractivity contribution in [3.63, 3.8) is 0 Å². The Morgan fingerprint density at radius 3 is 2.59 bits per heavy atom. The van der Waals surface area contributed by atoms with E-state index in [4.69, 9.17) is 4.74 Å². The first-order chi connectivity index (χ1) is 8.20. The first-order valence-electron chi connectivity index (χ1n) is 6.75. The molecule has 3 aliphatic rings. The van der Waals surface area contributed by atoms with E-state index in [1.54, 1.807) is 0 Å². The van der Waals surface area contributed by atoms with Crippen LogP contribution in [0.25, 0.3) is 0 Å². The van der Waals surface area contributed by atoms with Crippen molar-refractivity contribution < 1.29 is 14.6 Å². The van der Waals surface area contributed by atoms with E-state index in [1.165, 1.54) is 25.7 Å². The molecule has 0 amide bonds. The van der Waals surface area contributed by atoms with Crippen molar-refractivity contribution >= 4 is 5.97 Å². The summed E-state index contributed by atoms with van der Waals surface area (Å²) in [7, 11) is 0. The zero-order valence-corrected chi connectivity index (χ0v) is 10.2. The highest BCUT2D eigenvalue weighted by Crippen LogP contribution is 2.38. The van der Waals surface area contributed by atoms with Crippen LogP contribution < -0.4 is 0 Å². The van der Waals surface area contributed by atoms with Crippen molar-refractivity contribution in [1.82, 2.24) is 4.90 Å². The van der Waals surface area contributed by atoms with Crippen LogP contribution in [0, 0.1) is 11.3 Å². The number of rotatable bonds is 6. The third-order valence-corrected chi connectivity index (χ3v) is 4.32. The molecule has 0 aromatic carbocycles. The number of carboxylic acid groups (broad SMARTS) is 1. The summed E-state index contributed by atoms with van der Waals surface area (Å²) in [5.41, 5.74) is -0.628. The summed E-state index contributed by atoms with van der Waals surface area (Å²) in [5, 5.41) is 9.46. The van der Waals surface area contributed by atoms with Gasteiger partial charge in [0.05, 0.1) is 6.61 Å². The first kappa shape index (κ1) is 11.5. The lowest BCUT2D eigenvalue weighted by atomic mass is 9.86. The molecule has 1 saturated heterocycles. The Bertz CT molecular complexity index is 304. The average Bonchev–Trinajstić information content (AvgIpc) is 3.18. The second-order valence-corrected chi connectivity index (χ2v) is 5.99. The van der Waals surface area contributed by atoms with E-state index in [0.717, 1.165) is 12.5 Å². The summed E-state index contributed by atoms with van der Waals surface area (Å²) >= 11 is 0. The molecular weight excluding hydrogens is 218 g/mol. The Labute approximate surface area is 102 Å². The molecule has 0 aromatic rings. The molecule has 96 valence electrons. The van der Waals surface area contributed by atoms with Gasteiger partial charge in [0.25, 0.3) is 0 Å². The van der Waals surface area contributed by atoms with E-state index >= 15 is 0 Å². The molecule has 4 nitrogen and oxygen atoms in total. The van der Waals surface area contributed by atoms with Crippen molar-refractivity contribution in [2.75, 3.05) is 26.3 Å². The Balaban J connectivity index is 1.66. The maximum absolute atomic E-state index is 11.5. The van der Waals surface area contributed by atoms with Gasteiger partial charge >= 0.3 is 5.97 Å². The fraction of sp³-hybridized carbons (Fsp3) is 0.923. The summed E-state index contributed by atoms with van der Waals surface area (Å²) in [4.78, 5) is 13.9. The molecule has 1 aliphatic heterocycles. The van der Waals surface area contributed by atoms with E-state index in [9.17, 15) is 9.90 Å². The average molecular weight is 239 g/mol. The molecule has 3 fully saturated rings. The number of carbonyl (C=O) groups is 1. The van der Waals surface area contributed by atoms with Gasteiger partial charge in [-0.25, -0.2) is 0 Å². The molecule has 3 rings (SSSR count). The third kappa shape index (κ3) is 2.47. The molecule has 4 heteroatoms. The normalized spacial score (nSPS) is 33.2. The molecule has 0 aromatic heterocycles. The van der Waals surface area contributed by atoms with E-state index in [-0.39, 0.29) is 0 Å².